The summed E-state index contributed by atoms with van der Waals surface area (Å²) >= 11 is 0. The minimum atomic E-state index is 0.644. The molecule has 1 saturated carbocycles. The molecule has 4 rings (SSSR count). The predicted molar refractivity (Wildman–Crippen MR) is 116 cm³/mol. The summed E-state index contributed by atoms with van der Waals surface area (Å²) in [6.07, 6.45) is 10.4. The van der Waals surface area contributed by atoms with Gasteiger partial charge in [0.05, 0.1) is 5.69 Å². The van der Waals surface area contributed by atoms with Crippen LogP contribution in [0.1, 0.15) is 68.1 Å². The Morgan fingerprint density at radius 1 is 0.852 bits per heavy atom. The summed E-state index contributed by atoms with van der Waals surface area (Å²) in [4.78, 5) is 4.74. The molecular weight excluding hydrogens is 326 g/mol. The highest BCUT2D eigenvalue weighted by atomic mass is 14.7. The van der Waals surface area contributed by atoms with Crippen LogP contribution in [0, 0.1) is 19.8 Å². The van der Waals surface area contributed by atoms with E-state index in [9.17, 15) is 0 Å². The zero-order valence-corrected chi connectivity index (χ0v) is 17.0. The maximum Gasteiger partial charge on any atom is 0.0780 e. The number of benzene rings is 2. The number of aryl methyl sites for hydroxylation is 2. The molecule has 1 atom stereocenters. The van der Waals surface area contributed by atoms with E-state index in [1.807, 2.05) is 6.20 Å². The van der Waals surface area contributed by atoms with Gasteiger partial charge >= 0.3 is 0 Å². The number of aromatic nitrogens is 1. The van der Waals surface area contributed by atoms with Crippen LogP contribution in [0.5, 0.6) is 0 Å². The first kappa shape index (κ1) is 18.2. The average molecular weight is 358 g/mol. The molecule has 1 aromatic heterocycles. The second-order valence-corrected chi connectivity index (χ2v) is 8.56. The summed E-state index contributed by atoms with van der Waals surface area (Å²) < 4.78 is 0. The van der Waals surface area contributed by atoms with Crippen LogP contribution >= 0.6 is 0 Å². The van der Waals surface area contributed by atoms with Crippen LogP contribution in [0.2, 0.25) is 0 Å². The maximum atomic E-state index is 4.74. The molecule has 1 nitrogen and oxygen atoms in total. The van der Waals surface area contributed by atoms with Gasteiger partial charge in [0.1, 0.15) is 0 Å². The van der Waals surface area contributed by atoms with Crippen LogP contribution in [-0.4, -0.2) is 4.98 Å². The molecule has 1 heterocycles. The molecule has 1 fully saturated rings. The Balaban J connectivity index is 1.71. The minimum absolute atomic E-state index is 0.644. The quantitative estimate of drug-likeness (QED) is 0.440. The molecular formula is C26H31N. The SMILES string of the molecule is Cc1cc(C)cc(-c2nccc3cc(C(C)C4CCCCCC4)ccc23)c1. The van der Waals surface area contributed by atoms with Crippen molar-refractivity contribution in [3.05, 3.63) is 65.4 Å². The predicted octanol–water partition coefficient (Wildman–Crippen LogP) is 7.59. The van der Waals surface area contributed by atoms with Crippen LogP contribution in [0.25, 0.3) is 22.0 Å². The lowest BCUT2D eigenvalue weighted by Crippen LogP contribution is -2.09. The summed E-state index contributed by atoms with van der Waals surface area (Å²) in [6, 6.07) is 16.0. The van der Waals surface area contributed by atoms with Gasteiger partial charge in [0.15, 0.2) is 0 Å². The van der Waals surface area contributed by atoms with E-state index in [0.717, 1.165) is 11.6 Å². The van der Waals surface area contributed by atoms with Crippen molar-refractivity contribution in [3.8, 4) is 11.3 Å². The van der Waals surface area contributed by atoms with Crippen molar-refractivity contribution in [1.29, 1.82) is 0 Å². The molecule has 1 heteroatoms. The Kier molecular flexibility index (Phi) is 5.29. The lowest BCUT2D eigenvalue weighted by molar-refractivity contribution is 0.394. The summed E-state index contributed by atoms with van der Waals surface area (Å²) in [5.41, 5.74) is 6.41. The van der Waals surface area contributed by atoms with Crippen molar-refractivity contribution in [3.63, 3.8) is 0 Å². The molecule has 0 saturated heterocycles. The Hall–Kier alpha value is -2.15. The summed E-state index contributed by atoms with van der Waals surface area (Å²) in [6.45, 7) is 6.76. The van der Waals surface area contributed by atoms with Gasteiger partial charge < -0.3 is 0 Å². The fraction of sp³-hybridized carbons (Fsp3) is 0.423. The highest BCUT2D eigenvalue weighted by Crippen LogP contribution is 2.37. The van der Waals surface area contributed by atoms with Crippen LogP contribution in [0.3, 0.4) is 0 Å². The second kappa shape index (κ2) is 7.84. The van der Waals surface area contributed by atoms with Gasteiger partial charge in [-0.2, -0.15) is 0 Å². The summed E-state index contributed by atoms with van der Waals surface area (Å²) in [5, 5.41) is 2.58. The molecule has 1 aliphatic carbocycles. The molecule has 0 N–H and O–H groups in total. The molecule has 0 aliphatic heterocycles. The average Bonchev–Trinajstić information content (AvgIpc) is 2.95. The molecule has 2 aromatic carbocycles. The van der Waals surface area contributed by atoms with Crippen molar-refractivity contribution in [2.45, 2.75) is 65.2 Å². The van der Waals surface area contributed by atoms with E-state index in [1.54, 1.807) is 0 Å². The molecule has 0 spiro atoms. The first-order valence-corrected chi connectivity index (χ1v) is 10.6. The third-order valence-electron chi connectivity index (χ3n) is 6.42. The van der Waals surface area contributed by atoms with Crippen molar-refractivity contribution < 1.29 is 0 Å². The van der Waals surface area contributed by atoms with E-state index >= 15 is 0 Å². The van der Waals surface area contributed by atoms with Gasteiger partial charge in [-0.1, -0.05) is 68.0 Å². The van der Waals surface area contributed by atoms with Gasteiger partial charge in [0.2, 0.25) is 0 Å². The lowest BCUT2D eigenvalue weighted by Gasteiger charge is -2.23. The van der Waals surface area contributed by atoms with E-state index in [4.69, 9.17) is 4.98 Å². The van der Waals surface area contributed by atoms with Gasteiger partial charge in [-0.25, -0.2) is 0 Å². The normalized spacial score (nSPS) is 17.0. The smallest absolute Gasteiger partial charge is 0.0780 e. The van der Waals surface area contributed by atoms with Gasteiger partial charge in [-0.15, -0.1) is 0 Å². The monoisotopic (exact) mass is 357 g/mol. The van der Waals surface area contributed by atoms with Gasteiger partial charge in [0.25, 0.3) is 0 Å². The second-order valence-electron chi connectivity index (χ2n) is 8.56. The van der Waals surface area contributed by atoms with Crippen LogP contribution < -0.4 is 0 Å². The third kappa shape index (κ3) is 3.93. The largest absolute Gasteiger partial charge is 0.256 e. The number of rotatable bonds is 3. The molecule has 27 heavy (non-hydrogen) atoms. The molecule has 1 unspecified atom stereocenters. The molecule has 0 radical (unpaired) electrons. The first-order valence-electron chi connectivity index (χ1n) is 10.6. The Morgan fingerprint density at radius 2 is 1.56 bits per heavy atom. The molecule has 0 bridgehead atoms. The van der Waals surface area contributed by atoms with Crippen LogP contribution in [0.4, 0.5) is 0 Å². The number of fused-ring (bicyclic) bond motifs is 1. The number of hydrogen-bond donors (Lipinski definition) is 0. The molecule has 140 valence electrons. The first-order chi connectivity index (χ1) is 13.1. The highest BCUT2D eigenvalue weighted by Gasteiger charge is 2.21. The van der Waals surface area contributed by atoms with E-state index in [2.05, 4.69) is 63.2 Å². The molecule has 0 amide bonds. The van der Waals surface area contributed by atoms with Crippen LogP contribution in [0.15, 0.2) is 48.7 Å². The summed E-state index contributed by atoms with van der Waals surface area (Å²) in [7, 11) is 0. The fourth-order valence-electron chi connectivity index (χ4n) is 4.90. The molecule has 3 aromatic rings. The third-order valence-corrected chi connectivity index (χ3v) is 6.42. The van der Waals surface area contributed by atoms with Crippen molar-refractivity contribution in [1.82, 2.24) is 4.98 Å². The van der Waals surface area contributed by atoms with Crippen LogP contribution in [-0.2, 0) is 0 Å². The van der Waals surface area contributed by atoms with Crippen molar-refractivity contribution >= 4 is 10.8 Å². The van der Waals surface area contributed by atoms with Crippen molar-refractivity contribution in [2.75, 3.05) is 0 Å². The van der Waals surface area contributed by atoms with Crippen molar-refractivity contribution in [2.24, 2.45) is 5.92 Å². The van der Waals surface area contributed by atoms with E-state index < -0.39 is 0 Å². The Labute approximate surface area is 163 Å². The number of nitrogens with zero attached hydrogens (tertiary/aromatic N) is 1. The summed E-state index contributed by atoms with van der Waals surface area (Å²) in [5.74, 6) is 1.48. The number of hydrogen-bond acceptors (Lipinski definition) is 1. The topological polar surface area (TPSA) is 12.9 Å². The van der Waals surface area contributed by atoms with E-state index in [0.29, 0.717) is 5.92 Å². The maximum absolute atomic E-state index is 4.74. The lowest BCUT2D eigenvalue weighted by atomic mass is 9.82. The Bertz CT molecular complexity index is 912. The van der Waals surface area contributed by atoms with E-state index in [-0.39, 0.29) is 0 Å². The highest BCUT2D eigenvalue weighted by molar-refractivity contribution is 5.95. The fourth-order valence-corrected chi connectivity index (χ4v) is 4.90. The number of pyridine rings is 1. The zero-order valence-electron chi connectivity index (χ0n) is 17.0. The van der Waals surface area contributed by atoms with Gasteiger partial charge in [0, 0.05) is 17.1 Å². The van der Waals surface area contributed by atoms with Gasteiger partial charge in [-0.3, -0.25) is 4.98 Å². The van der Waals surface area contributed by atoms with Gasteiger partial charge in [-0.05, 0) is 67.7 Å². The Morgan fingerprint density at radius 3 is 2.26 bits per heavy atom. The zero-order chi connectivity index (χ0) is 18.8. The molecule has 1 aliphatic rings. The van der Waals surface area contributed by atoms with E-state index in [1.165, 1.54) is 71.6 Å². The standard InChI is InChI=1S/C26H31N/c1-18-14-19(2)16-24(15-18)26-25-11-10-22(17-23(25)12-13-27-26)20(3)21-8-6-4-5-7-9-21/h10-17,20-21H,4-9H2,1-3H3. The minimum Gasteiger partial charge on any atom is -0.256 e.